The number of aromatic amines is 1. The number of carbonyl (C=O) groups is 1. The third-order valence-electron chi connectivity index (χ3n) is 4.48. The average Bonchev–Trinajstić information content (AvgIpc) is 3.10. The zero-order valence-corrected chi connectivity index (χ0v) is 16.4. The molecule has 0 fully saturated rings. The van der Waals surface area contributed by atoms with Crippen LogP contribution >= 0.6 is 11.6 Å². The van der Waals surface area contributed by atoms with Gasteiger partial charge in [0.2, 0.25) is 0 Å². The molecule has 1 aromatic carbocycles. The van der Waals surface area contributed by atoms with E-state index in [4.69, 9.17) is 17.0 Å². The first-order valence-corrected chi connectivity index (χ1v) is 9.09. The molecule has 0 aliphatic heterocycles. The molecule has 8 nitrogen and oxygen atoms in total. The Kier molecular flexibility index (Phi) is 5.62. The zero-order valence-electron chi connectivity index (χ0n) is 15.7. The van der Waals surface area contributed by atoms with E-state index in [0.29, 0.717) is 38.7 Å². The highest BCUT2D eigenvalue weighted by molar-refractivity contribution is 6.31. The van der Waals surface area contributed by atoms with Crippen LogP contribution in [-0.4, -0.2) is 50.9 Å². The van der Waals surface area contributed by atoms with Crippen LogP contribution in [0.2, 0.25) is 5.02 Å². The van der Waals surface area contributed by atoms with Crippen molar-refractivity contribution in [1.82, 2.24) is 20.3 Å². The Balaban J connectivity index is 1.98. The molecular weight excluding hydrogens is 380 g/mol. The van der Waals surface area contributed by atoms with Crippen molar-refractivity contribution in [2.75, 3.05) is 12.4 Å². The van der Waals surface area contributed by atoms with Crippen LogP contribution in [0.4, 0.5) is 5.69 Å². The number of nitrogens with one attached hydrogen (secondary N) is 4. The minimum absolute atomic E-state index is 0.153. The van der Waals surface area contributed by atoms with E-state index >= 15 is 0 Å². The number of carbonyl (C=O) groups excluding carboxylic acids is 1. The van der Waals surface area contributed by atoms with Crippen molar-refractivity contribution in [3.63, 3.8) is 0 Å². The number of amides is 1. The van der Waals surface area contributed by atoms with Gasteiger partial charge in [-0.15, -0.1) is 0 Å². The van der Waals surface area contributed by atoms with Gasteiger partial charge in [0.25, 0.3) is 5.91 Å². The lowest BCUT2D eigenvalue weighted by Gasteiger charge is -2.16. The molecule has 2 atom stereocenters. The molecule has 2 aromatic heterocycles. The summed E-state index contributed by atoms with van der Waals surface area (Å²) in [7, 11) is 1.75. The van der Waals surface area contributed by atoms with E-state index < -0.39 is 12.1 Å². The molecule has 0 saturated heterocycles. The fourth-order valence-electron chi connectivity index (χ4n) is 2.67. The molecule has 0 spiro atoms. The number of nitrogens with zero attached hydrogens (tertiary/aromatic N) is 2. The van der Waals surface area contributed by atoms with Crippen LogP contribution in [0.15, 0.2) is 30.6 Å². The van der Waals surface area contributed by atoms with Crippen molar-refractivity contribution < 1.29 is 9.90 Å². The summed E-state index contributed by atoms with van der Waals surface area (Å²) in [4.78, 5) is 24.2. The quantitative estimate of drug-likeness (QED) is 0.406. The second-order valence-corrected chi connectivity index (χ2v) is 6.91. The molecular formula is C19H21ClN6O2. The second-order valence-electron chi connectivity index (χ2n) is 6.47. The number of anilines is 1. The van der Waals surface area contributed by atoms with Gasteiger partial charge in [0.15, 0.2) is 5.65 Å². The molecule has 0 aliphatic carbocycles. The standard InChI is InChI=1S/C19H21ClN6O2/c1-9(10(2)27)25-19(28)13-7-23-18-17(13)26-15(8-24-18)16(21)12-5-4-11(20)6-14(12)22-3/h4-10,21-22,27H,1-3H3,(H,23,24)(H,25,28). The fraction of sp³-hybridized carbons (Fsp3) is 0.263. The van der Waals surface area contributed by atoms with Crippen LogP contribution in [0.3, 0.4) is 0 Å². The molecule has 5 N–H and O–H groups in total. The first-order chi connectivity index (χ1) is 13.3. The number of aromatic nitrogens is 3. The van der Waals surface area contributed by atoms with Crippen molar-refractivity contribution >= 4 is 40.1 Å². The van der Waals surface area contributed by atoms with E-state index in [1.807, 2.05) is 0 Å². The third kappa shape index (κ3) is 3.83. The van der Waals surface area contributed by atoms with E-state index in [1.165, 1.54) is 12.4 Å². The first-order valence-electron chi connectivity index (χ1n) is 8.71. The number of hydrogen-bond donors (Lipinski definition) is 5. The summed E-state index contributed by atoms with van der Waals surface area (Å²) in [5.41, 5.74) is 2.88. The average molecular weight is 401 g/mol. The van der Waals surface area contributed by atoms with Gasteiger partial charge in [0, 0.05) is 29.5 Å². The predicted molar refractivity (Wildman–Crippen MR) is 109 cm³/mol. The maximum absolute atomic E-state index is 12.5. The molecule has 0 aliphatic rings. The van der Waals surface area contributed by atoms with E-state index in [2.05, 4.69) is 25.6 Å². The van der Waals surface area contributed by atoms with E-state index in [9.17, 15) is 9.90 Å². The van der Waals surface area contributed by atoms with Gasteiger partial charge in [0.1, 0.15) is 11.2 Å². The number of aliphatic hydroxyl groups is 1. The van der Waals surface area contributed by atoms with Gasteiger partial charge in [-0.05, 0) is 32.0 Å². The van der Waals surface area contributed by atoms with Crippen LogP contribution in [0.25, 0.3) is 11.2 Å². The van der Waals surface area contributed by atoms with Crippen molar-refractivity contribution in [2.24, 2.45) is 0 Å². The van der Waals surface area contributed by atoms with Crippen LogP contribution < -0.4 is 10.6 Å². The SMILES string of the molecule is CNc1cc(Cl)ccc1C(=N)c1cnc2[nH]cc(C(=O)NC(C)C(C)O)c2n1. The summed E-state index contributed by atoms with van der Waals surface area (Å²) in [6.07, 6.45) is 2.31. The summed E-state index contributed by atoms with van der Waals surface area (Å²) in [6, 6.07) is 4.74. The van der Waals surface area contributed by atoms with Gasteiger partial charge < -0.3 is 20.7 Å². The Morgan fingerprint density at radius 2 is 2.07 bits per heavy atom. The number of H-pyrrole nitrogens is 1. The molecule has 28 heavy (non-hydrogen) atoms. The van der Waals surface area contributed by atoms with Crippen molar-refractivity contribution in [2.45, 2.75) is 26.0 Å². The number of aliphatic hydroxyl groups excluding tert-OH is 1. The number of benzene rings is 1. The fourth-order valence-corrected chi connectivity index (χ4v) is 2.84. The van der Waals surface area contributed by atoms with Crippen LogP contribution in [0.5, 0.6) is 0 Å². The highest BCUT2D eigenvalue weighted by Crippen LogP contribution is 2.23. The lowest BCUT2D eigenvalue weighted by Crippen LogP contribution is -2.39. The number of halogens is 1. The molecule has 2 heterocycles. The van der Waals surface area contributed by atoms with Crippen LogP contribution in [0.1, 0.15) is 35.5 Å². The lowest BCUT2D eigenvalue weighted by molar-refractivity contribution is 0.0875. The molecule has 0 radical (unpaired) electrons. The van der Waals surface area contributed by atoms with Gasteiger partial charge in [-0.25, -0.2) is 9.97 Å². The molecule has 0 bridgehead atoms. The topological polar surface area (TPSA) is 127 Å². The number of fused-ring (bicyclic) bond motifs is 1. The Hall–Kier alpha value is -2.97. The minimum atomic E-state index is -0.686. The summed E-state index contributed by atoms with van der Waals surface area (Å²) in [5, 5.41) is 24.4. The van der Waals surface area contributed by atoms with E-state index in [-0.39, 0.29) is 11.6 Å². The van der Waals surface area contributed by atoms with Crippen LogP contribution in [-0.2, 0) is 0 Å². The molecule has 1 amide bonds. The maximum Gasteiger partial charge on any atom is 0.255 e. The molecule has 2 unspecified atom stereocenters. The summed E-state index contributed by atoms with van der Waals surface area (Å²) in [6.45, 7) is 3.31. The molecule has 3 aromatic rings. The van der Waals surface area contributed by atoms with Gasteiger partial charge in [-0.3, -0.25) is 10.2 Å². The molecule has 146 valence electrons. The largest absolute Gasteiger partial charge is 0.391 e. The van der Waals surface area contributed by atoms with Crippen molar-refractivity contribution in [3.8, 4) is 0 Å². The highest BCUT2D eigenvalue weighted by atomic mass is 35.5. The van der Waals surface area contributed by atoms with Gasteiger partial charge in [-0.1, -0.05) is 11.6 Å². The first kappa shape index (κ1) is 19.8. The second kappa shape index (κ2) is 7.95. The van der Waals surface area contributed by atoms with Gasteiger partial charge in [-0.2, -0.15) is 0 Å². The summed E-state index contributed by atoms with van der Waals surface area (Å²) >= 11 is 6.02. The Morgan fingerprint density at radius 3 is 2.75 bits per heavy atom. The normalized spacial score (nSPS) is 13.2. The Morgan fingerprint density at radius 1 is 1.32 bits per heavy atom. The van der Waals surface area contributed by atoms with E-state index in [0.717, 1.165) is 0 Å². The Bertz CT molecular complexity index is 1050. The van der Waals surface area contributed by atoms with Crippen molar-refractivity contribution in [3.05, 3.63) is 52.4 Å². The summed E-state index contributed by atoms with van der Waals surface area (Å²) in [5.74, 6) is -0.375. The molecule has 3 rings (SSSR count). The molecule has 9 heteroatoms. The highest BCUT2D eigenvalue weighted by Gasteiger charge is 2.20. The van der Waals surface area contributed by atoms with Crippen LogP contribution in [0, 0.1) is 5.41 Å². The zero-order chi connectivity index (χ0) is 20.4. The van der Waals surface area contributed by atoms with E-state index in [1.54, 1.807) is 39.1 Å². The van der Waals surface area contributed by atoms with Gasteiger partial charge in [0.05, 0.1) is 29.6 Å². The van der Waals surface area contributed by atoms with Gasteiger partial charge >= 0.3 is 0 Å². The van der Waals surface area contributed by atoms with Crippen molar-refractivity contribution in [1.29, 1.82) is 5.41 Å². The Labute approximate surface area is 166 Å². The lowest BCUT2D eigenvalue weighted by atomic mass is 10.1. The number of hydrogen-bond acceptors (Lipinski definition) is 6. The maximum atomic E-state index is 12.5. The minimum Gasteiger partial charge on any atom is -0.391 e. The third-order valence-corrected chi connectivity index (χ3v) is 4.72. The predicted octanol–water partition coefficient (Wildman–Crippen LogP) is 2.57. The summed E-state index contributed by atoms with van der Waals surface area (Å²) < 4.78 is 0. The molecule has 0 saturated carbocycles. The smallest absolute Gasteiger partial charge is 0.255 e. The monoisotopic (exact) mass is 400 g/mol. The number of rotatable bonds is 6.